The van der Waals surface area contributed by atoms with Crippen molar-refractivity contribution in [3.05, 3.63) is 0 Å². The highest BCUT2D eigenvalue weighted by atomic mass is 16.2. The molecule has 2 amide bonds. The lowest BCUT2D eigenvalue weighted by Gasteiger charge is -2.33. The van der Waals surface area contributed by atoms with Gasteiger partial charge in [0, 0.05) is 18.1 Å². The van der Waals surface area contributed by atoms with Crippen LogP contribution in [0.5, 0.6) is 0 Å². The maximum atomic E-state index is 11.4. The van der Waals surface area contributed by atoms with Gasteiger partial charge in [-0.15, -0.1) is 0 Å². The summed E-state index contributed by atoms with van der Waals surface area (Å²) in [6.45, 7) is 4.47. The van der Waals surface area contributed by atoms with Gasteiger partial charge in [0.05, 0.1) is 0 Å². The van der Waals surface area contributed by atoms with Crippen LogP contribution < -0.4 is 16.4 Å². The summed E-state index contributed by atoms with van der Waals surface area (Å²) < 4.78 is 0. The summed E-state index contributed by atoms with van der Waals surface area (Å²) in [5.74, 6) is 0. The van der Waals surface area contributed by atoms with E-state index in [1.54, 1.807) is 0 Å². The van der Waals surface area contributed by atoms with Gasteiger partial charge in [-0.05, 0) is 26.7 Å². The van der Waals surface area contributed by atoms with Gasteiger partial charge in [-0.3, -0.25) is 0 Å². The van der Waals surface area contributed by atoms with Crippen molar-refractivity contribution in [2.75, 3.05) is 6.54 Å². The average Bonchev–Trinajstić information content (AvgIpc) is 2.15. The van der Waals surface area contributed by atoms with E-state index in [0.717, 1.165) is 12.8 Å². The maximum Gasteiger partial charge on any atom is 0.315 e. The Morgan fingerprint density at radius 3 is 2.47 bits per heavy atom. The van der Waals surface area contributed by atoms with E-state index in [4.69, 9.17) is 5.73 Å². The number of nitrogens with two attached hydrogens (primary N) is 1. The van der Waals surface area contributed by atoms with Crippen LogP contribution in [0.25, 0.3) is 0 Å². The highest BCUT2D eigenvalue weighted by Gasteiger charge is 2.27. The van der Waals surface area contributed by atoms with Gasteiger partial charge < -0.3 is 16.4 Å². The zero-order chi connectivity index (χ0) is 11.3. The molecular formula is C11H23N3O. The summed E-state index contributed by atoms with van der Waals surface area (Å²) in [6, 6.07) is 0.0606. The van der Waals surface area contributed by atoms with Crippen molar-refractivity contribution in [2.45, 2.75) is 57.5 Å². The van der Waals surface area contributed by atoms with E-state index in [1.807, 2.05) is 13.8 Å². The van der Waals surface area contributed by atoms with Gasteiger partial charge in [-0.25, -0.2) is 4.79 Å². The van der Waals surface area contributed by atoms with Gasteiger partial charge in [0.1, 0.15) is 0 Å². The summed E-state index contributed by atoms with van der Waals surface area (Å²) in [5, 5.41) is 5.64. The van der Waals surface area contributed by atoms with Crippen molar-refractivity contribution >= 4 is 6.03 Å². The van der Waals surface area contributed by atoms with Gasteiger partial charge in [-0.2, -0.15) is 0 Å². The molecule has 1 saturated carbocycles. The average molecular weight is 213 g/mol. The van der Waals surface area contributed by atoms with Crippen molar-refractivity contribution in [3.8, 4) is 0 Å². The molecule has 0 aliphatic heterocycles. The predicted octanol–water partition coefficient (Wildman–Crippen LogP) is 1.36. The third-order valence-corrected chi connectivity index (χ3v) is 2.87. The predicted molar refractivity (Wildman–Crippen MR) is 61.7 cm³/mol. The van der Waals surface area contributed by atoms with Gasteiger partial charge in [0.2, 0.25) is 0 Å². The molecule has 0 aromatic carbocycles. The number of rotatable bonds is 3. The largest absolute Gasteiger partial charge is 0.336 e. The van der Waals surface area contributed by atoms with Crippen molar-refractivity contribution in [3.63, 3.8) is 0 Å². The molecule has 1 aliphatic carbocycles. The van der Waals surface area contributed by atoms with Crippen LogP contribution in [0.15, 0.2) is 0 Å². The molecule has 4 heteroatoms. The Morgan fingerprint density at radius 2 is 1.93 bits per heavy atom. The number of carbonyl (C=O) groups excluding carboxylic acids is 1. The molecule has 88 valence electrons. The van der Waals surface area contributed by atoms with Crippen LogP contribution >= 0.6 is 0 Å². The van der Waals surface area contributed by atoms with Crippen LogP contribution in [0.4, 0.5) is 4.79 Å². The number of urea groups is 1. The fourth-order valence-corrected chi connectivity index (χ4v) is 2.00. The first kappa shape index (κ1) is 12.3. The Bertz CT molecular complexity index is 210. The zero-order valence-electron chi connectivity index (χ0n) is 9.81. The number of nitrogens with one attached hydrogen (secondary N) is 2. The molecule has 1 aliphatic rings. The highest BCUT2D eigenvalue weighted by molar-refractivity contribution is 5.74. The van der Waals surface area contributed by atoms with Crippen molar-refractivity contribution in [1.29, 1.82) is 0 Å². The van der Waals surface area contributed by atoms with Crippen LogP contribution in [-0.4, -0.2) is 24.2 Å². The summed E-state index contributed by atoms with van der Waals surface area (Å²) in [4.78, 5) is 11.4. The third-order valence-electron chi connectivity index (χ3n) is 2.87. The second-order valence-corrected chi connectivity index (χ2v) is 4.90. The smallest absolute Gasteiger partial charge is 0.315 e. The van der Waals surface area contributed by atoms with Crippen LogP contribution in [0.2, 0.25) is 0 Å². The molecule has 0 aromatic rings. The van der Waals surface area contributed by atoms with Crippen molar-refractivity contribution < 1.29 is 4.79 Å². The number of carbonyl (C=O) groups is 1. The van der Waals surface area contributed by atoms with Crippen LogP contribution in [0.1, 0.15) is 46.0 Å². The Hall–Kier alpha value is -0.770. The quantitative estimate of drug-likeness (QED) is 0.662. The second-order valence-electron chi connectivity index (χ2n) is 4.90. The van der Waals surface area contributed by atoms with Crippen molar-refractivity contribution in [1.82, 2.24) is 10.6 Å². The van der Waals surface area contributed by atoms with E-state index in [0.29, 0.717) is 6.54 Å². The lowest BCUT2D eigenvalue weighted by atomic mass is 9.82. The monoisotopic (exact) mass is 213 g/mol. The zero-order valence-corrected chi connectivity index (χ0v) is 9.81. The van der Waals surface area contributed by atoms with E-state index in [1.165, 1.54) is 19.3 Å². The first-order chi connectivity index (χ1) is 7.02. The number of hydrogen-bond donors (Lipinski definition) is 3. The normalized spacial score (nSPS) is 20.0. The fraction of sp³-hybridized carbons (Fsp3) is 0.909. The fourth-order valence-electron chi connectivity index (χ4n) is 2.00. The molecule has 0 saturated heterocycles. The molecule has 0 radical (unpaired) electrons. The van der Waals surface area contributed by atoms with E-state index < -0.39 is 0 Å². The molecule has 0 heterocycles. The summed E-state index contributed by atoms with van der Waals surface area (Å²) in [6.07, 6.45) is 5.69. The summed E-state index contributed by atoms with van der Waals surface area (Å²) >= 11 is 0. The molecule has 1 rings (SSSR count). The SMILES string of the molecule is CC(C)NC(=O)NCC1(N)CCCCC1. The van der Waals surface area contributed by atoms with E-state index in [-0.39, 0.29) is 17.6 Å². The first-order valence-corrected chi connectivity index (χ1v) is 5.85. The Balaban J connectivity index is 2.25. The first-order valence-electron chi connectivity index (χ1n) is 5.85. The Morgan fingerprint density at radius 1 is 1.33 bits per heavy atom. The van der Waals surface area contributed by atoms with Gasteiger partial charge >= 0.3 is 6.03 Å². The molecule has 0 unspecified atom stereocenters. The molecule has 0 aromatic heterocycles. The standard InChI is InChI=1S/C11H23N3O/c1-9(2)14-10(15)13-8-11(12)6-4-3-5-7-11/h9H,3-8,12H2,1-2H3,(H2,13,14,15). The molecule has 1 fully saturated rings. The molecule has 15 heavy (non-hydrogen) atoms. The highest BCUT2D eigenvalue weighted by Crippen LogP contribution is 2.24. The second kappa shape index (κ2) is 5.35. The molecule has 4 N–H and O–H groups in total. The minimum Gasteiger partial charge on any atom is -0.336 e. The van der Waals surface area contributed by atoms with Crippen molar-refractivity contribution in [2.24, 2.45) is 5.73 Å². The lowest BCUT2D eigenvalue weighted by Crippen LogP contribution is -2.53. The lowest BCUT2D eigenvalue weighted by molar-refractivity contribution is 0.228. The van der Waals surface area contributed by atoms with Gasteiger partial charge in [-0.1, -0.05) is 19.3 Å². The molecular weight excluding hydrogens is 190 g/mol. The Labute approximate surface area is 92.0 Å². The van der Waals surface area contributed by atoms with E-state index in [2.05, 4.69) is 10.6 Å². The van der Waals surface area contributed by atoms with E-state index in [9.17, 15) is 4.79 Å². The minimum absolute atomic E-state index is 0.111. The van der Waals surface area contributed by atoms with Gasteiger partial charge in [0.25, 0.3) is 0 Å². The Kier molecular flexibility index (Phi) is 4.39. The maximum absolute atomic E-state index is 11.4. The van der Waals surface area contributed by atoms with E-state index >= 15 is 0 Å². The van der Waals surface area contributed by atoms with Crippen LogP contribution in [0.3, 0.4) is 0 Å². The molecule has 0 bridgehead atoms. The van der Waals surface area contributed by atoms with Gasteiger partial charge in [0.15, 0.2) is 0 Å². The van der Waals surface area contributed by atoms with Crippen LogP contribution in [-0.2, 0) is 0 Å². The molecule has 0 atom stereocenters. The number of amides is 2. The summed E-state index contributed by atoms with van der Waals surface area (Å²) in [7, 11) is 0. The molecule has 4 nitrogen and oxygen atoms in total. The minimum atomic E-state index is -0.174. The van der Waals surface area contributed by atoms with Crippen LogP contribution in [0, 0.1) is 0 Å². The topological polar surface area (TPSA) is 67.2 Å². The third kappa shape index (κ3) is 4.51. The molecule has 0 spiro atoms. The number of hydrogen-bond acceptors (Lipinski definition) is 2. The summed E-state index contributed by atoms with van der Waals surface area (Å²) in [5.41, 5.74) is 6.02.